The molecule has 7 nitrogen and oxygen atoms in total. The largest absolute Gasteiger partial charge is 0.476 e. The van der Waals surface area contributed by atoms with Crippen LogP contribution in [0.5, 0.6) is 5.88 Å². The zero-order chi connectivity index (χ0) is 13.9. The van der Waals surface area contributed by atoms with Gasteiger partial charge in [-0.15, -0.1) is 5.10 Å². The summed E-state index contributed by atoms with van der Waals surface area (Å²) in [5, 5.41) is 13.3. The Morgan fingerprint density at radius 1 is 1.45 bits per heavy atom. The zero-order valence-electron chi connectivity index (χ0n) is 11.2. The Morgan fingerprint density at radius 3 is 3.05 bits per heavy atom. The Balaban J connectivity index is 1.78. The number of tetrazole rings is 1. The second-order valence-electron chi connectivity index (χ2n) is 4.63. The van der Waals surface area contributed by atoms with E-state index in [9.17, 15) is 0 Å². The van der Waals surface area contributed by atoms with Gasteiger partial charge in [-0.3, -0.25) is 0 Å². The lowest BCUT2D eigenvalue weighted by atomic mass is 10.4. The SMILES string of the molecule is CCCOc1nc(Sc2nnnn2C2CC2)ccc1N. The fourth-order valence-corrected chi connectivity index (χ4v) is 2.51. The van der Waals surface area contributed by atoms with Gasteiger partial charge < -0.3 is 10.5 Å². The molecule has 0 bridgehead atoms. The highest BCUT2D eigenvalue weighted by atomic mass is 32.2. The molecule has 8 heteroatoms. The normalized spacial score (nSPS) is 14.4. The molecule has 106 valence electrons. The number of aromatic nitrogens is 5. The van der Waals surface area contributed by atoms with E-state index in [2.05, 4.69) is 20.5 Å². The molecule has 2 aromatic rings. The van der Waals surface area contributed by atoms with Crippen molar-refractivity contribution in [2.24, 2.45) is 0 Å². The van der Waals surface area contributed by atoms with Crippen LogP contribution in [0.15, 0.2) is 22.3 Å². The Labute approximate surface area is 120 Å². The summed E-state index contributed by atoms with van der Waals surface area (Å²) in [7, 11) is 0. The summed E-state index contributed by atoms with van der Waals surface area (Å²) in [5.41, 5.74) is 6.40. The molecule has 0 aliphatic heterocycles. The van der Waals surface area contributed by atoms with Crippen LogP contribution in [0.1, 0.15) is 32.2 Å². The second-order valence-corrected chi connectivity index (χ2v) is 5.62. The van der Waals surface area contributed by atoms with Crippen molar-refractivity contribution in [2.45, 2.75) is 42.4 Å². The predicted octanol–water partition coefficient (Wildman–Crippen LogP) is 1.93. The number of ether oxygens (including phenoxy) is 1. The van der Waals surface area contributed by atoms with Crippen molar-refractivity contribution in [1.29, 1.82) is 0 Å². The van der Waals surface area contributed by atoms with E-state index in [4.69, 9.17) is 10.5 Å². The van der Waals surface area contributed by atoms with Crippen molar-refractivity contribution in [1.82, 2.24) is 25.2 Å². The molecule has 0 amide bonds. The first-order valence-electron chi connectivity index (χ1n) is 6.63. The highest BCUT2D eigenvalue weighted by Crippen LogP contribution is 2.38. The molecule has 20 heavy (non-hydrogen) atoms. The average Bonchev–Trinajstić information content (AvgIpc) is 3.20. The van der Waals surface area contributed by atoms with Gasteiger partial charge in [-0.25, -0.2) is 9.67 Å². The molecule has 1 fully saturated rings. The second kappa shape index (κ2) is 5.66. The van der Waals surface area contributed by atoms with Crippen LogP contribution < -0.4 is 10.5 Å². The van der Waals surface area contributed by atoms with Crippen LogP contribution in [0.3, 0.4) is 0 Å². The van der Waals surface area contributed by atoms with E-state index in [0.717, 1.165) is 29.4 Å². The lowest BCUT2D eigenvalue weighted by molar-refractivity contribution is 0.305. The summed E-state index contributed by atoms with van der Waals surface area (Å²) in [4.78, 5) is 4.41. The van der Waals surface area contributed by atoms with Gasteiger partial charge >= 0.3 is 0 Å². The van der Waals surface area contributed by atoms with Crippen LogP contribution in [-0.2, 0) is 0 Å². The number of nitrogens with zero attached hydrogens (tertiary/aromatic N) is 5. The maximum Gasteiger partial charge on any atom is 0.238 e. The Kier molecular flexibility index (Phi) is 3.72. The van der Waals surface area contributed by atoms with Gasteiger partial charge in [0.25, 0.3) is 0 Å². The summed E-state index contributed by atoms with van der Waals surface area (Å²) in [6, 6.07) is 4.09. The molecule has 0 atom stereocenters. The summed E-state index contributed by atoms with van der Waals surface area (Å²) < 4.78 is 7.38. The first kappa shape index (κ1) is 13.2. The lowest BCUT2D eigenvalue weighted by Gasteiger charge is -2.08. The minimum absolute atomic E-state index is 0.442. The van der Waals surface area contributed by atoms with Gasteiger partial charge in [0.2, 0.25) is 11.0 Å². The van der Waals surface area contributed by atoms with Gasteiger partial charge in [-0.1, -0.05) is 6.92 Å². The van der Waals surface area contributed by atoms with Gasteiger partial charge in [-0.05, 0) is 53.6 Å². The van der Waals surface area contributed by atoms with Gasteiger partial charge in [0.15, 0.2) is 0 Å². The minimum atomic E-state index is 0.442. The molecule has 2 aromatic heterocycles. The highest BCUT2D eigenvalue weighted by Gasteiger charge is 2.28. The standard InChI is InChI=1S/C12H16N6OS/c1-2-7-19-11-9(13)5-6-10(14-11)20-12-15-16-17-18(12)8-3-4-8/h5-6,8H,2-4,7,13H2,1H3. The maximum atomic E-state index is 5.85. The molecule has 0 unspecified atom stereocenters. The van der Waals surface area contributed by atoms with Crippen molar-refractivity contribution in [3.63, 3.8) is 0 Å². The van der Waals surface area contributed by atoms with Crippen LogP contribution in [-0.4, -0.2) is 31.8 Å². The molecular formula is C12H16N6OS. The van der Waals surface area contributed by atoms with Crippen molar-refractivity contribution in [2.75, 3.05) is 12.3 Å². The number of hydrogen-bond donors (Lipinski definition) is 1. The van der Waals surface area contributed by atoms with Crippen LogP contribution in [0.25, 0.3) is 0 Å². The predicted molar refractivity (Wildman–Crippen MR) is 74.6 cm³/mol. The summed E-state index contributed by atoms with van der Waals surface area (Å²) in [5.74, 6) is 0.474. The lowest BCUT2D eigenvalue weighted by Crippen LogP contribution is -2.02. The van der Waals surface area contributed by atoms with E-state index in [-0.39, 0.29) is 0 Å². The third kappa shape index (κ3) is 2.84. The topological polar surface area (TPSA) is 91.7 Å². The molecule has 0 aromatic carbocycles. The van der Waals surface area contributed by atoms with Crippen molar-refractivity contribution < 1.29 is 4.74 Å². The third-order valence-corrected chi connectivity index (χ3v) is 3.75. The molecule has 2 N–H and O–H groups in total. The van der Waals surface area contributed by atoms with E-state index in [1.165, 1.54) is 11.8 Å². The molecule has 2 heterocycles. The molecule has 0 radical (unpaired) electrons. The van der Waals surface area contributed by atoms with Crippen molar-refractivity contribution in [3.05, 3.63) is 12.1 Å². The Morgan fingerprint density at radius 2 is 2.30 bits per heavy atom. The molecule has 3 rings (SSSR count). The van der Waals surface area contributed by atoms with E-state index in [1.54, 1.807) is 6.07 Å². The fourth-order valence-electron chi connectivity index (χ4n) is 1.70. The van der Waals surface area contributed by atoms with Crippen LogP contribution >= 0.6 is 11.8 Å². The highest BCUT2D eigenvalue weighted by molar-refractivity contribution is 7.99. The number of anilines is 1. The molecule has 0 saturated heterocycles. The summed E-state index contributed by atoms with van der Waals surface area (Å²) >= 11 is 1.43. The van der Waals surface area contributed by atoms with Gasteiger partial charge in [0.1, 0.15) is 5.03 Å². The van der Waals surface area contributed by atoms with E-state index < -0.39 is 0 Å². The number of pyridine rings is 1. The van der Waals surface area contributed by atoms with E-state index >= 15 is 0 Å². The van der Waals surface area contributed by atoms with Gasteiger partial charge in [0.05, 0.1) is 18.3 Å². The quantitative estimate of drug-likeness (QED) is 0.869. The van der Waals surface area contributed by atoms with Crippen LogP contribution in [0.2, 0.25) is 0 Å². The van der Waals surface area contributed by atoms with Crippen LogP contribution in [0.4, 0.5) is 5.69 Å². The van der Waals surface area contributed by atoms with Crippen molar-refractivity contribution >= 4 is 17.4 Å². The van der Waals surface area contributed by atoms with Gasteiger partial charge in [0, 0.05) is 0 Å². The molecule has 1 aliphatic rings. The Hall–Kier alpha value is -1.83. The smallest absolute Gasteiger partial charge is 0.238 e. The number of nitrogen functional groups attached to an aromatic ring is 1. The maximum absolute atomic E-state index is 5.85. The Bertz CT molecular complexity index is 597. The van der Waals surface area contributed by atoms with Gasteiger partial charge in [-0.2, -0.15) is 0 Å². The van der Waals surface area contributed by atoms with E-state index in [1.807, 2.05) is 17.7 Å². The summed E-state index contributed by atoms with van der Waals surface area (Å²) in [6.07, 6.45) is 3.19. The number of hydrogen-bond acceptors (Lipinski definition) is 7. The molecule has 0 spiro atoms. The first-order chi connectivity index (χ1) is 9.78. The first-order valence-corrected chi connectivity index (χ1v) is 7.44. The molecule has 1 saturated carbocycles. The van der Waals surface area contributed by atoms with Crippen molar-refractivity contribution in [3.8, 4) is 5.88 Å². The monoisotopic (exact) mass is 292 g/mol. The van der Waals surface area contributed by atoms with E-state index in [0.29, 0.717) is 24.2 Å². The minimum Gasteiger partial charge on any atom is -0.476 e. The number of rotatable bonds is 6. The average molecular weight is 292 g/mol. The third-order valence-electron chi connectivity index (χ3n) is 2.86. The zero-order valence-corrected chi connectivity index (χ0v) is 12.0. The number of nitrogens with two attached hydrogens (primary N) is 1. The molecule has 1 aliphatic carbocycles. The van der Waals surface area contributed by atoms with Crippen LogP contribution in [0, 0.1) is 0 Å². The summed E-state index contributed by atoms with van der Waals surface area (Å²) in [6.45, 7) is 2.64. The molecular weight excluding hydrogens is 276 g/mol. The fraction of sp³-hybridized carbons (Fsp3) is 0.500.